The van der Waals surface area contributed by atoms with Gasteiger partial charge in [-0.3, -0.25) is 0 Å². The van der Waals surface area contributed by atoms with Crippen molar-refractivity contribution >= 4 is 34.6 Å². The lowest BCUT2D eigenvalue weighted by Crippen LogP contribution is -2.10. The first-order valence-electron chi connectivity index (χ1n) is 5.50. The number of nitrogens with one attached hydrogen (secondary N) is 1. The molecule has 0 aliphatic heterocycles. The number of halogens is 2. The summed E-state index contributed by atoms with van der Waals surface area (Å²) in [5, 5.41) is 3.20. The minimum atomic E-state index is -0.427. The summed E-state index contributed by atoms with van der Waals surface area (Å²) >= 11 is 10.5. The second-order valence-corrected chi connectivity index (χ2v) is 4.75. The van der Waals surface area contributed by atoms with Crippen molar-refractivity contribution in [2.24, 2.45) is 5.73 Å². The summed E-state index contributed by atoms with van der Waals surface area (Å²) in [6, 6.07) is 8.14. The monoisotopic (exact) mass is 295 g/mol. The van der Waals surface area contributed by atoms with Crippen LogP contribution in [0.4, 0.5) is 10.2 Å². The topological polar surface area (TPSA) is 50.9 Å². The highest BCUT2D eigenvalue weighted by molar-refractivity contribution is 7.80. The lowest BCUT2D eigenvalue weighted by atomic mass is 10.2. The predicted molar refractivity (Wildman–Crippen MR) is 78.9 cm³/mol. The van der Waals surface area contributed by atoms with Crippen molar-refractivity contribution < 1.29 is 4.39 Å². The molecule has 0 amide bonds. The highest BCUT2D eigenvalue weighted by Gasteiger charge is 2.02. The van der Waals surface area contributed by atoms with Crippen LogP contribution in [-0.4, -0.2) is 9.97 Å². The number of nitrogens with two attached hydrogens (primary N) is 1. The molecule has 19 heavy (non-hydrogen) atoms. The van der Waals surface area contributed by atoms with Crippen molar-refractivity contribution in [1.29, 1.82) is 0 Å². The average Bonchev–Trinajstić information content (AvgIpc) is 2.40. The molecule has 0 radical (unpaired) electrons. The fourth-order valence-electron chi connectivity index (χ4n) is 1.49. The van der Waals surface area contributed by atoms with Gasteiger partial charge in [0.2, 0.25) is 0 Å². The molecule has 3 nitrogen and oxygen atoms in total. The first kappa shape index (κ1) is 13.7. The Morgan fingerprint density at radius 2 is 2.16 bits per heavy atom. The van der Waals surface area contributed by atoms with Gasteiger partial charge in [-0.1, -0.05) is 29.9 Å². The molecule has 6 heteroatoms. The minimum absolute atomic E-state index is 0.107. The van der Waals surface area contributed by atoms with Gasteiger partial charge in [0, 0.05) is 18.3 Å². The van der Waals surface area contributed by atoms with Crippen LogP contribution in [-0.2, 0) is 6.54 Å². The zero-order chi connectivity index (χ0) is 13.8. The van der Waals surface area contributed by atoms with Gasteiger partial charge >= 0.3 is 0 Å². The smallest absolute Gasteiger partial charge is 0.141 e. The van der Waals surface area contributed by atoms with Crippen LogP contribution in [0, 0.1) is 5.82 Å². The van der Waals surface area contributed by atoms with Crippen molar-refractivity contribution in [1.82, 2.24) is 4.98 Å². The summed E-state index contributed by atoms with van der Waals surface area (Å²) < 4.78 is 13.0. The normalized spacial score (nSPS) is 10.2. The van der Waals surface area contributed by atoms with Gasteiger partial charge in [-0.05, 0) is 29.8 Å². The predicted octanol–water partition coefficient (Wildman–Crippen LogP) is 3.12. The SMILES string of the molecule is NC(=S)c1ccc(NCc2ccc(F)c(Cl)c2)nc1. The van der Waals surface area contributed by atoms with Crippen molar-refractivity contribution in [2.75, 3.05) is 5.32 Å². The van der Waals surface area contributed by atoms with Crippen LogP contribution in [0.3, 0.4) is 0 Å². The van der Waals surface area contributed by atoms with E-state index in [4.69, 9.17) is 29.6 Å². The molecule has 2 rings (SSSR count). The molecule has 0 saturated heterocycles. The molecular formula is C13H11ClFN3S. The van der Waals surface area contributed by atoms with Gasteiger partial charge in [-0.25, -0.2) is 9.37 Å². The number of pyridine rings is 1. The van der Waals surface area contributed by atoms with Crippen molar-refractivity contribution in [2.45, 2.75) is 6.54 Å². The highest BCUT2D eigenvalue weighted by Crippen LogP contribution is 2.16. The molecule has 1 heterocycles. The molecule has 0 aliphatic carbocycles. The second-order valence-electron chi connectivity index (χ2n) is 3.90. The molecule has 0 fully saturated rings. The average molecular weight is 296 g/mol. The van der Waals surface area contributed by atoms with E-state index in [1.54, 1.807) is 30.5 Å². The Kier molecular flexibility index (Phi) is 4.29. The van der Waals surface area contributed by atoms with Crippen LogP contribution < -0.4 is 11.1 Å². The largest absolute Gasteiger partial charge is 0.389 e. The third-order valence-electron chi connectivity index (χ3n) is 2.51. The van der Waals surface area contributed by atoms with Crippen LogP contribution >= 0.6 is 23.8 Å². The Hall–Kier alpha value is -1.72. The number of anilines is 1. The molecule has 0 spiro atoms. The fraction of sp³-hybridized carbons (Fsp3) is 0.0769. The van der Waals surface area contributed by atoms with Crippen LogP contribution in [0.2, 0.25) is 5.02 Å². The Morgan fingerprint density at radius 1 is 1.37 bits per heavy atom. The first-order valence-corrected chi connectivity index (χ1v) is 6.28. The number of nitrogens with zero attached hydrogens (tertiary/aromatic N) is 1. The Labute approximate surface area is 120 Å². The summed E-state index contributed by atoms with van der Waals surface area (Å²) in [7, 11) is 0. The van der Waals surface area contributed by atoms with Crippen molar-refractivity contribution in [3.63, 3.8) is 0 Å². The number of hydrogen-bond donors (Lipinski definition) is 2. The maximum atomic E-state index is 13.0. The van der Waals surface area contributed by atoms with E-state index in [1.165, 1.54) is 6.07 Å². The van der Waals surface area contributed by atoms with E-state index < -0.39 is 5.82 Å². The second kappa shape index (κ2) is 5.95. The number of aromatic nitrogens is 1. The van der Waals surface area contributed by atoms with Gasteiger partial charge < -0.3 is 11.1 Å². The van der Waals surface area contributed by atoms with Crippen molar-refractivity contribution in [3.05, 3.63) is 58.5 Å². The molecule has 0 unspecified atom stereocenters. The molecule has 1 aromatic heterocycles. The van der Waals surface area contributed by atoms with Crippen LogP contribution in [0.1, 0.15) is 11.1 Å². The molecule has 1 aromatic carbocycles. The number of thiocarbonyl (C=S) groups is 1. The van der Waals surface area contributed by atoms with Gasteiger partial charge in [0.1, 0.15) is 16.6 Å². The van der Waals surface area contributed by atoms with Gasteiger partial charge in [0.05, 0.1) is 5.02 Å². The molecule has 2 aromatic rings. The van der Waals surface area contributed by atoms with E-state index in [2.05, 4.69) is 10.3 Å². The van der Waals surface area contributed by atoms with Crippen LogP contribution in [0.15, 0.2) is 36.5 Å². The van der Waals surface area contributed by atoms with Gasteiger partial charge in [-0.2, -0.15) is 0 Å². The van der Waals surface area contributed by atoms with Crippen molar-refractivity contribution in [3.8, 4) is 0 Å². The molecule has 0 atom stereocenters. The third-order valence-corrected chi connectivity index (χ3v) is 3.03. The summed E-state index contributed by atoms with van der Waals surface area (Å²) in [5.41, 5.74) is 7.06. The fourth-order valence-corrected chi connectivity index (χ4v) is 1.81. The molecular weight excluding hydrogens is 285 g/mol. The number of rotatable bonds is 4. The Bertz CT molecular complexity index is 601. The quantitative estimate of drug-likeness (QED) is 0.851. The number of benzene rings is 1. The van der Waals surface area contributed by atoms with Gasteiger partial charge in [-0.15, -0.1) is 0 Å². The molecule has 0 aliphatic rings. The van der Waals surface area contributed by atoms with E-state index in [0.717, 1.165) is 5.56 Å². The molecule has 0 bridgehead atoms. The van der Waals surface area contributed by atoms with Crippen LogP contribution in [0.5, 0.6) is 0 Å². The lowest BCUT2D eigenvalue weighted by molar-refractivity contribution is 0.627. The Balaban J connectivity index is 2.01. The zero-order valence-electron chi connectivity index (χ0n) is 9.86. The van der Waals surface area contributed by atoms with Crippen LogP contribution in [0.25, 0.3) is 0 Å². The molecule has 98 valence electrons. The van der Waals surface area contributed by atoms with E-state index in [0.29, 0.717) is 22.9 Å². The first-order chi connectivity index (χ1) is 9.06. The maximum Gasteiger partial charge on any atom is 0.141 e. The van der Waals surface area contributed by atoms with Gasteiger partial charge in [0.25, 0.3) is 0 Å². The maximum absolute atomic E-state index is 13.0. The Morgan fingerprint density at radius 3 is 2.74 bits per heavy atom. The third kappa shape index (κ3) is 3.62. The molecule has 3 N–H and O–H groups in total. The highest BCUT2D eigenvalue weighted by atomic mass is 35.5. The number of hydrogen-bond acceptors (Lipinski definition) is 3. The zero-order valence-corrected chi connectivity index (χ0v) is 11.4. The summed E-state index contributed by atoms with van der Waals surface area (Å²) in [6.07, 6.45) is 1.60. The summed E-state index contributed by atoms with van der Waals surface area (Å²) in [6.45, 7) is 0.499. The lowest BCUT2D eigenvalue weighted by Gasteiger charge is -2.07. The standard InChI is InChI=1S/C13H11ClFN3S/c14-10-5-8(1-3-11(10)15)6-17-12-4-2-9(7-18-12)13(16)19/h1-5,7H,6H2,(H2,16,19)(H,17,18). The van der Waals surface area contributed by atoms with E-state index in [-0.39, 0.29) is 5.02 Å². The van der Waals surface area contributed by atoms with E-state index >= 15 is 0 Å². The van der Waals surface area contributed by atoms with Gasteiger partial charge in [0.15, 0.2) is 0 Å². The van der Waals surface area contributed by atoms with E-state index in [9.17, 15) is 4.39 Å². The minimum Gasteiger partial charge on any atom is -0.389 e. The molecule has 0 saturated carbocycles. The summed E-state index contributed by atoms with van der Waals surface area (Å²) in [5.74, 6) is 0.254. The van der Waals surface area contributed by atoms with E-state index in [1.807, 2.05) is 0 Å². The summed E-state index contributed by atoms with van der Waals surface area (Å²) in [4.78, 5) is 4.48.